The van der Waals surface area contributed by atoms with Gasteiger partial charge in [0, 0.05) is 0 Å². The third-order valence-electron chi connectivity index (χ3n) is 2.87. The summed E-state index contributed by atoms with van der Waals surface area (Å²) < 4.78 is 110. The van der Waals surface area contributed by atoms with E-state index in [1.807, 2.05) is 0 Å². The van der Waals surface area contributed by atoms with E-state index in [2.05, 4.69) is 4.74 Å². The molecule has 0 aliphatic carbocycles. The number of sulfonamides is 1. The molecule has 0 bridgehead atoms. The van der Waals surface area contributed by atoms with Crippen molar-refractivity contribution >= 4 is 15.7 Å². The third-order valence-corrected chi connectivity index (χ3v) is 4.25. The van der Waals surface area contributed by atoms with Crippen LogP contribution in [0.1, 0.15) is 1.43 Å². The van der Waals surface area contributed by atoms with Crippen molar-refractivity contribution in [2.45, 2.75) is 4.90 Å². The molecule has 0 saturated carbocycles. The molecule has 1 N–H and O–H groups in total. The molecule has 0 amide bonds. The molecule has 2 aromatic rings. The second-order valence-corrected chi connectivity index (χ2v) is 5.95. The van der Waals surface area contributed by atoms with Crippen molar-refractivity contribution < 1.29 is 70.5 Å². The SMILES string of the molecule is COc1cccc(NS(=O)(=O)c2c(F)c(F)c(F)c(F)c2F)c1F.[H-].[Na+]. The molecule has 2 aromatic carbocycles. The fourth-order valence-electron chi connectivity index (χ4n) is 1.76. The number of halogens is 6. The number of anilines is 1. The van der Waals surface area contributed by atoms with Crippen LogP contribution in [-0.4, -0.2) is 15.5 Å². The summed E-state index contributed by atoms with van der Waals surface area (Å²) in [5, 5.41) is 0. The molecular formula is C13H8F6NNaO3S. The molecule has 0 aliphatic rings. The predicted octanol–water partition coefficient (Wildman–Crippen LogP) is 0.447. The normalized spacial score (nSPS) is 11.0. The summed E-state index contributed by atoms with van der Waals surface area (Å²) in [5.41, 5.74) is -0.807. The fraction of sp³-hybridized carbons (Fsp3) is 0.0769. The Morgan fingerprint density at radius 3 is 1.84 bits per heavy atom. The van der Waals surface area contributed by atoms with Gasteiger partial charge in [0.2, 0.25) is 5.82 Å². The van der Waals surface area contributed by atoms with Crippen LogP contribution in [0.2, 0.25) is 0 Å². The number of hydrogen-bond donors (Lipinski definition) is 1. The first-order chi connectivity index (χ1) is 11.1. The zero-order valence-electron chi connectivity index (χ0n) is 13.6. The number of hydrogen-bond acceptors (Lipinski definition) is 3. The van der Waals surface area contributed by atoms with Gasteiger partial charge in [0.1, 0.15) is 0 Å². The van der Waals surface area contributed by atoms with Crippen molar-refractivity contribution in [1.82, 2.24) is 0 Å². The van der Waals surface area contributed by atoms with E-state index >= 15 is 0 Å². The minimum absolute atomic E-state index is 0. The van der Waals surface area contributed by atoms with E-state index in [0.29, 0.717) is 0 Å². The molecule has 0 fully saturated rings. The molecule has 0 radical (unpaired) electrons. The molecular weight excluding hydrogens is 387 g/mol. The summed E-state index contributed by atoms with van der Waals surface area (Å²) in [6.45, 7) is 0. The molecule has 0 aromatic heterocycles. The van der Waals surface area contributed by atoms with Gasteiger partial charge >= 0.3 is 29.6 Å². The first-order valence-corrected chi connectivity index (χ1v) is 7.47. The van der Waals surface area contributed by atoms with Crippen molar-refractivity contribution in [3.05, 3.63) is 53.1 Å². The Hall–Kier alpha value is -1.43. The molecule has 0 unspecified atom stereocenters. The van der Waals surface area contributed by atoms with Gasteiger partial charge in [-0.2, -0.15) is 0 Å². The number of nitrogens with one attached hydrogen (secondary N) is 1. The molecule has 0 saturated heterocycles. The van der Waals surface area contributed by atoms with Crippen molar-refractivity contribution in [3.63, 3.8) is 0 Å². The van der Waals surface area contributed by atoms with Gasteiger partial charge in [0.25, 0.3) is 10.0 Å². The average molecular weight is 395 g/mol. The molecule has 25 heavy (non-hydrogen) atoms. The summed E-state index contributed by atoms with van der Waals surface area (Å²) >= 11 is 0. The van der Waals surface area contributed by atoms with E-state index in [1.54, 1.807) is 0 Å². The van der Waals surface area contributed by atoms with Gasteiger partial charge in [0.15, 0.2) is 39.7 Å². The first kappa shape index (κ1) is 21.6. The Kier molecular flexibility index (Phi) is 6.79. The fourth-order valence-corrected chi connectivity index (χ4v) is 2.96. The second-order valence-electron chi connectivity index (χ2n) is 4.33. The maximum Gasteiger partial charge on any atom is 1.00 e. The van der Waals surface area contributed by atoms with Crippen molar-refractivity contribution in [2.24, 2.45) is 0 Å². The minimum Gasteiger partial charge on any atom is -1.00 e. The smallest absolute Gasteiger partial charge is 1.00 e. The summed E-state index contributed by atoms with van der Waals surface area (Å²) in [6, 6.07) is 3.12. The van der Waals surface area contributed by atoms with E-state index in [9.17, 15) is 34.8 Å². The summed E-state index contributed by atoms with van der Waals surface area (Å²) in [7, 11) is -4.26. The van der Waals surface area contributed by atoms with Gasteiger partial charge in [-0.15, -0.1) is 0 Å². The Morgan fingerprint density at radius 1 is 0.880 bits per heavy atom. The molecule has 2 rings (SSSR count). The maximum atomic E-state index is 13.9. The van der Waals surface area contributed by atoms with Gasteiger partial charge in [-0.3, -0.25) is 4.72 Å². The second kappa shape index (κ2) is 7.85. The van der Waals surface area contributed by atoms with E-state index < -0.39 is 61.3 Å². The van der Waals surface area contributed by atoms with Crippen LogP contribution >= 0.6 is 0 Å². The van der Waals surface area contributed by atoms with E-state index in [-0.39, 0.29) is 31.0 Å². The number of rotatable bonds is 4. The predicted molar refractivity (Wildman–Crippen MR) is 71.1 cm³/mol. The Labute approximate surface area is 161 Å². The number of benzene rings is 2. The molecule has 0 aliphatic heterocycles. The van der Waals surface area contributed by atoms with Crippen molar-refractivity contribution in [2.75, 3.05) is 11.8 Å². The van der Waals surface area contributed by atoms with Crippen LogP contribution in [0.3, 0.4) is 0 Å². The van der Waals surface area contributed by atoms with Gasteiger partial charge < -0.3 is 6.16 Å². The Bertz CT molecular complexity index is 900. The summed E-state index contributed by atoms with van der Waals surface area (Å²) in [5.74, 6) is -14.2. The van der Waals surface area contributed by atoms with Crippen LogP contribution in [0, 0.1) is 34.9 Å². The van der Waals surface area contributed by atoms with Crippen molar-refractivity contribution in [3.8, 4) is 5.75 Å². The van der Waals surface area contributed by atoms with E-state index in [4.69, 9.17) is 0 Å². The topological polar surface area (TPSA) is 55.4 Å². The Morgan fingerprint density at radius 2 is 1.36 bits per heavy atom. The standard InChI is InChI=1S/C13H7F6NO3S.Na.H/c1-23-6-4-2-3-5(7(6)14)20-24(21,22)13-11(18)9(16)8(15)10(17)12(13)19;;/h2-4,20H,1H3;;/q;+1;-1. The molecule has 0 heterocycles. The zero-order valence-corrected chi connectivity index (χ0v) is 15.4. The first-order valence-electron chi connectivity index (χ1n) is 5.98. The zero-order chi connectivity index (χ0) is 18.2. The molecule has 12 heteroatoms. The number of methoxy groups -OCH3 is 1. The van der Waals surface area contributed by atoms with E-state index in [1.165, 1.54) is 4.72 Å². The van der Waals surface area contributed by atoms with Crippen LogP contribution < -0.4 is 39.0 Å². The summed E-state index contributed by atoms with van der Waals surface area (Å²) in [4.78, 5) is -2.12. The number of ether oxygens (including phenoxy) is 1. The van der Waals surface area contributed by atoms with Gasteiger partial charge in [-0.25, -0.2) is 34.8 Å². The average Bonchev–Trinajstić information content (AvgIpc) is 2.52. The van der Waals surface area contributed by atoms with Crippen LogP contribution in [0.25, 0.3) is 0 Å². The van der Waals surface area contributed by atoms with Crippen LogP contribution in [0.15, 0.2) is 23.1 Å². The Balaban J connectivity index is 0.00000312. The third kappa shape index (κ3) is 3.89. The van der Waals surface area contributed by atoms with Gasteiger partial charge in [0.05, 0.1) is 12.8 Å². The molecule has 0 spiro atoms. The molecule has 0 atom stereocenters. The van der Waals surface area contributed by atoms with Crippen LogP contribution in [-0.2, 0) is 10.0 Å². The van der Waals surface area contributed by atoms with E-state index in [0.717, 1.165) is 25.3 Å². The summed E-state index contributed by atoms with van der Waals surface area (Å²) in [6.07, 6.45) is 0. The van der Waals surface area contributed by atoms with Gasteiger partial charge in [-0.1, -0.05) is 6.07 Å². The van der Waals surface area contributed by atoms with Crippen LogP contribution in [0.4, 0.5) is 32.0 Å². The maximum absolute atomic E-state index is 13.9. The van der Waals surface area contributed by atoms with Crippen LogP contribution in [0.5, 0.6) is 5.75 Å². The molecule has 132 valence electrons. The largest absolute Gasteiger partial charge is 1.00 e. The quantitative estimate of drug-likeness (QED) is 0.354. The van der Waals surface area contributed by atoms with Gasteiger partial charge in [-0.05, 0) is 12.1 Å². The van der Waals surface area contributed by atoms with Crippen molar-refractivity contribution in [1.29, 1.82) is 0 Å². The monoisotopic (exact) mass is 395 g/mol. The molecule has 4 nitrogen and oxygen atoms in total. The minimum atomic E-state index is -5.33.